The third kappa shape index (κ3) is 4.31. The highest BCUT2D eigenvalue weighted by Crippen LogP contribution is 2.22. The van der Waals surface area contributed by atoms with E-state index in [1.165, 1.54) is 25.7 Å². The summed E-state index contributed by atoms with van der Waals surface area (Å²) in [5, 5.41) is 0. The van der Waals surface area contributed by atoms with Crippen LogP contribution in [0.25, 0.3) is 0 Å². The standard InChI is InChI=1S/C19H25N3O2S/c1-15-7-9-18(13-16(15)2)25(23,24)21-19-10-8-17(14-20-19)22-11-5-3-4-6-12-22/h7-10,13-14H,3-6,11-12H2,1-2H3,(H,20,21). The van der Waals surface area contributed by atoms with Crippen molar-refractivity contribution >= 4 is 21.5 Å². The molecule has 0 radical (unpaired) electrons. The predicted octanol–water partition coefficient (Wildman–Crippen LogP) is 3.88. The van der Waals surface area contributed by atoms with Gasteiger partial charge >= 0.3 is 0 Å². The maximum atomic E-state index is 12.5. The molecule has 6 heteroatoms. The largest absolute Gasteiger partial charge is 0.370 e. The van der Waals surface area contributed by atoms with Crippen LogP contribution in [0.1, 0.15) is 36.8 Å². The van der Waals surface area contributed by atoms with Crippen LogP contribution in [0.2, 0.25) is 0 Å². The molecule has 0 amide bonds. The molecule has 5 nitrogen and oxygen atoms in total. The van der Waals surface area contributed by atoms with Gasteiger partial charge in [0.25, 0.3) is 10.0 Å². The average molecular weight is 359 g/mol. The van der Waals surface area contributed by atoms with Gasteiger partial charge in [-0.15, -0.1) is 0 Å². The lowest BCUT2D eigenvalue weighted by Gasteiger charge is -2.22. The first kappa shape index (κ1) is 17.7. The smallest absolute Gasteiger partial charge is 0.263 e. The number of pyridine rings is 1. The Kier molecular flexibility index (Phi) is 5.27. The first-order chi connectivity index (χ1) is 12.0. The molecule has 25 heavy (non-hydrogen) atoms. The maximum absolute atomic E-state index is 12.5. The van der Waals surface area contributed by atoms with E-state index in [4.69, 9.17) is 0 Å². The van der Waals surface area contributed by atoms with E-state index in [0.29, 0.717) is 5.82 Å². The van der Waals surface area contributed by atoms with Crippen LogP contribution >= 0.6 is 0 Å². The van der Waals surface area contributed by atoms with Gasteiger partial charge in [0, 0.05) is 13.1 Å². The minimum atomic E-state index is -3.62. The molecule has 1 aliphatic heterocycles. The number of anilines is 2. The molecular weight excluding hydrogens is 334 g/mol. The van der Waals surface area contributed by atoms with Gasteiger partial charge in [-0.05, 0) is 62.1 Å². The number of sulfonamides is 1. The van der Waals surface area contributed by atoms with Gasteiger partial charge in [0.05, 0.1) is 16.8 Å². The summed E-state index contributed by atoms with van der Waals surface area (Å²) in [7, 11) is -3.62. The Morgan fingerprint density at radius 3 is 2.28 bits per heavy atom. The summed E-state index contributed by atoms with van der Waals surface area (Å²) in [6, 6.07) is 8.80. The van der Waals surface area contributed by atoms with Crippen molar-refractivity contribution in [3.63, 3.8) is 0 Å². The fourth-order valence-corrected chi connectivity index (χ4v) is 4.13. The topological polar surface area (TPSA) is 62.3 Å². The molecule has 3 rings (SSSR count). The first-order valence-corrected chi connectivity index (χ1v) is 10.3. The monoisotopic (exact) mass is 359 g/mol. The molecule has 0 bridgehead atoms. The number of hydrogen-bond donors (Lipinski definition) is 1. The van der Waals surface area contributed by atoms with Crippen LogP contribution in [0.15, 0.2) is 41.4 Å². The van der Waals surface area contributed by atoms with Crippen molar-refractivity contribution in [2.75, 3.05) is 22.7 Å². The number of nitrogens with zero attached hydrogens (tertiary/aromatic N) is 2. The Labute approximate surface area is 150 Å². The van der Waals surface area contributed by atoms with E-state index in [9.17, 15) is 8.42 Å². The second kappa shape index (κ2) is 7.44. The van der Waals surface area contributed by atoms with Crippen LogP contribution in [0.3, 0.4) is 0 Å². The van der Waals surface area contributed by atoms with Crippen LogP contribution in [0.4, 0.5) is 11.5 Å². The van der Waals surface area contributed by atoms with E-state index in [2.05, 4.69) is 14.6 Å². The van der Waals surface area contributed by atoms with Crippen LogP contribution in [-0.4, -0.2) is 26.5 Å². The highest BCUT2D eigenvalue weighted by molar-refractivity contribution is 7.92. The Balaban J connectivity index is 1.74. The summed E-state index contributed by atoms with van der Waals surface area (Å²) in [6.07, 6.45) is 6.70. The molecule has 2 heterocycles. The van der Waals surface area contributed by atoms with Gasteiger partial charge in [-0.3, -0.25) is 4.72 Å². The van der Waals surface area contributed by atoms with Gasteiger partial charge in [-0.1, -0.05) is 18.9 Å². The fourth-order valence-electron chi connectivity index (χ4n) is 3.04. The highest BCUT2D eigenvalue weighted by Gasteiger charge is 2.16. The van der Waals surface area contributed by atoms with Crippen molar-refractivity contribution in [3.05, 3.63) is 47.7 Å². The second-order valence-electron chi connectivity index (χ2n) is 6.65. The van der Waals surface area contributed by atoms with E-state index >= 15 is 0 Å². The number of hydrogen-bond acceptors (Lipinski definition) is 4. The van der Waals surface area contributed by atoms with Gasteiger partial charge in [0.2, 0.25) is 0 Å². The van der Waals surface area contributed by atoms with E-state index in [0.717, 1.165) is 29.9 Å². The van der Waals surface area contributed by atoms with Gasteiger partial charge in [-0.2, -0.15) is 0 Å². The normalized spacial score (nSPS) is 15.7. The molecule has 0 atom stereocenters. The maximum Gasteiger partial charge on any atom is 0.263 e. The summed E-state index contributed by atoms with van der Waals surface area (Å²) in [5.74, 6) is 0.344. The molecule has 0 aliphatic carbocycles. The Hall–Kier alpha value is -2.08. The van der Waals surface area contributed by atoms with Crippen molar-refractivity contribution in [1.29, 1.82) is 0 Å². The number of rotatable bonds is 4. The third-order valence-electron chi connectivity index (χ3n) is 4.75. The van der Waals surface area contributed by atoms with E-state index in [1.807, 2.05) is 26.0 Å². The number of nitrogens with one attached hydrogen (secondary N) is 1. The molecule has 0 saturated carbocycles. The quantitative estimate of drug-likeness (QED) is 0.900. The number of benzene rings is 1. The van der Waals surface area contributed by atoms with E-state index < -0.39 is 10.0 Å². The molecule has 1 aromatic carbocycles. The summed E-state index contributed by atoms with van der Waals surface area (Å²) < 4.78 is 27.6. The van der Waals surface area contributed by atoms with Crippen LogP contribution < -0.4 is 9.62 Å². The van der Waals surface area contributed by atoms with E-state index in [1.54, 1.807) is 24.4 Å². The zero-order valence-corrected chi connectivity index (χ0v) is 15.6. The van der Waals surface area contributed by atoms with Crippen molar-refractivity contribution in [2.45, 2.75) is 44.4 Å². The molecule has 1 aromatic heterocycles. The minimum Gasteiger partial charge on any atom is -0.370 e. The lowest BCUT2D eigenvalue weighted by molar-refractivity contribution is 0.601. The Bertz CT molecular complexity index is 824. The van der Waals surface area contributed by atoms with Crippen molar-refractivity contribution in [2.24, 2.45) is 0 Å². The minimum absolute atomic E-state index is 0.258. The van der Waals surface area contributed by atoms with Gasteiger partial charge in [-0.25, -0.2) is 13.4 Å². The zero-order valence-electron chi connectivity index (χ0n) is 14.8. The lowest BCUT2D eigenvalue weighted by atomic mass is 10.1. The molecule has 2 aromatic rings. The van der Waals surface area contributed by atoms with E-state index in [-0.39, 0.29) is 4.90 Å². The summed E-state index contributed by atoms with van der Waals surface area (Å²) in [6.45, 7) is 5.94. The third-order valence-corrected chi connectivity index (χ3v) is 6.10. The average Bonchev–Trinajstić information content (AvgIpc) is 2.87. The Morgan fingerprint density at radius 1 is 0.960 bits per heavy atom. The Morgan fingerprint density at radius 2 is 1.68 bits per heavy atom. The summed E-state index contributed by atoms with van der Waals surface area (Å²) in [5.41, 5.74) is 3.07. The van der Waals surface area contributed by atoms with Crippen molar-refractivity contribution < 1.29 is 8.42 Å². The lowest BCUT2D eigenvalue weighted by Crippen LogP contribution is -2.24. The molecule has 0 unspecified atom stereocenters. The summed E-state index contributed by atoms with van der Waals surface area (Å²) in [4.78, 5) is 6.88. The highest BCUT2D eigenvalue weighted by atomic mass is 32.2. The fraction of sp³-hybridized carbons (Fsp3) is 0.421. The molecule has 1 aliphatic rings. The molecular formula is C19H25N3O2S. The van der Waals surface area contributed by atoms with Gasteiger partial charge < -0.3 is 4.90 Å². The zero-order chi connectivity index (χ0) is 17.9. The summed E-state index contributed by atoms with van der Waals surface area (Å²) >= 11 is 0. The van der Waals surface area contributed by atoms with Gasteiger partial charge in [0.15, 0.2) is 0 Å². The van der Waals surface area contributed by atoms with Crippen molar-refractivity contribution in [3.8, 4) is 0 Å². The first-order valence-electron chi connectivity index (χ1n) is 8.77. The molecule has 1 saturated heterocycles. The molecule has 1 N–H and O–H groups in total. The predicted molar refractivity (Wildman–Crippen MR) is 102 cm³/mol. The molecule has 1 fully saturated rings. The molecule has 134 valence electrons. The number of aryl methyl sites for hydroxylation is 2. The van der Waals surface area contributed by atoms with Crippen LogP contribution in [-0.2, 0) is 10.0 Å². The van der Waals surface area contributed by atoms with Crippen molar-refractivity contribution in [1.82, 2.24) is 4.98 Å². The van der Waals surface area contributed by atoms with Crippen LogP contribution in [0.5, 0.6) is 0 Å². The van der Waals surface area contributed by atoms with Crippen LogP contribution in [0, 0.1) is 13.8 Å². The second-order valence-corrected chi connectivity index (χ2v) is 8.34. The SMILES string of the molecule is Cc1ccc(S(=O)(=O)Nc2ccc(N3CCCCCC3)cn2)cc1C. The van der Waals surface area contributed by atoms with Gasteiger partial charge in [0.1, 0.15) is 5.82 Å². The number of aromatic nitrogens is 1. The molecule has 0 spiro atoms.